The highest BCUT2D eigenvalue weighted by atomic mass is 16.3. The van der Waals surface area contributed by atoms with Gasteiger partial charge < -0.3 is 5.11 Å². The third-order valence-corrected chi connectivity index (χ3v) is 3.62. The SMILES string of the molecule is Cc1cc(C)nc([C@]2(C)CCCN2CCO)n1. The minimum atomic E-state index is -0.112. The van der Waals surface area contributed by atoms with Gasteiger partial charge in [0, 0.05) is 17.9 Å². The number of nitrogens with zero attached hydrogens (tertiary/aromatic N) is 3. The third-order valence-electron chi connectivity index (χ3n) is 3.62. The number of aliphatic hydroxyl groups excluding tert-OH is 1. The first kappa shape index (κ1) is 12.5. The van der Waals surface area contributed by atoms with Crippen LogP contribution in [0.4, 0.5) is 0 Å². The zero-order valence-corrected chi connectivity index (χ0v) is 10.9. The predicted molar refractivity (Wildman–Crippen MR) is 66.8 cm³/mol. The maximum absolute atomic E-state index is 9.13. The van der Waals surface area contributed by atoms with E-state index in [1.54, 1.807) is 0 Å². The molecule has 0 aliphatic carbocycles. The van der Waals surface area contributed by atoms with Gasteiger partial charge in [-0.05, 0) is 46.2 Å². The number of hydrogen-bond donors (Lipinski definition) is 1. The van der Waals surface area contributed by atoms with Crippen LogP contribution in [0.25, 0.3) is 0 Å². The summed E-state index contributed by atoms with van der Waals surface area (Å²) in [5.74, 6) is 0.904. The Morgan fingerprint density at radius 3 is 2.59 bits per heavy atom. The molecule has 0 aromatic carbocycles. The van der Waals surface area contributed by atoms with Crippen molar-refractivity contribution in [3.8, 4) is 0 Å². The molecule has 1 aliphatic heterocycles. The fourth-order valence-corrected chi connectivity index (χ4v) is 2.72. The monoisotopic (exact) mass is 235 g/mol. The maximum atomic E-state index is 9.13. The van der Waals surface area contributed by atoms with Crippen molar-refractivity contribution in [2.75, 3.05) is 19.7 Å². The van der Waals surface area contributed by atoms with Crippen LogP contribution < -0.4 is 0 Å². The third kappa shape index (κ3) is 2.33. The molecule has 1 aliphatic rings. The molecule has 1 saturated heterocycles. The van der Waals surface area contributed by atoms with E-state index >= 15 is 0 Å². The number of aromatic nitrogens is 2. The van der Waals surface area contributed by atoms with Gasteiger partial charge in [-0.2, -0.15) is 0 Å². The normalized spacial score (nSPS) is 25.4. The fraction of sp³-hybridized carbons (Fsp3) is 0.692. The lowest BCUT2D eigenvalue weighted by Gasteiger charge is -2.33. The second kappa shape index (κ2) is 4.70. The Bertz CT molecular complexity index is 387. The quantitative estimate of drug-likeness (QED) is 0.860. The molecular formula is C13H21N3O. The van der Waals surface area contributed by atoms with Crippen molar-refractivity contribution in [3.63, 3.8) is 0 Å². The van der Waals surface area contributed by atoms with Crippen molar-refractivity contribution in [1.29, 1.82) is 0 Å². The van der Waals surface area contributed by atoms with Crippen LogP contribution in [0.3, 0.4) is 0 Å². The van der Waals surface area contributed by atoms with Gasteiger partial charge in [-0.3, -0.25) is 4.90 Å². The van der Waals surface area contributed by atoms with Gasteiger partial charge in [0.15, 0.2) is 0 Å². The van der Waals surface area contributed by atoms with Crippen LogP contribution in [0, 0.1) is 13.8 Å². The highest BCUT2D eigenvalue weighted by Gasteiger charge is 2.40. The lowest BCUT2D eigenvalue weighted by Crippen LogP contribution is -2.41. The Hall–Kier alpha value is -1.00. The number of hydrogen-bond acceptors (Lipinski definition) is 4. The van der Waals surface area contributed by atoms with Crippen LogP contribution >= 0.6 is 0 Å². The van der Waals surface area contributed by atoms with Crippen molar-refractivity contribution in [3.05, 3.63) is 23.3 Å². The molecule has 1 N–H and O–H groups in total. The van der Waals surface area contributed by atoms with Crippen LogP contribution in [-0.2, 0) is 5.54 Å². The van der Waals surface area contributed by atoms with Gasteiger partial charge in [0.1, 0.15) is 5.82 Å². The van der Waals surface area contributed by atoms with E-state index in [1.165, 1.54) is 0 Å². The van der Waals surface area contributed by atoms with Gasteiger partial charge in [-0.25, -0.2) is 9.97 Å². The van der Waals surface area contributed by atoms with Crippen LogP contribution in [-0.4, -0.2) is 39.7 Å². The van der Waals surface area contributed by atoms with E-state index in [4.69, 9.17) is 5.11 Å². The lowest BCUT2D eigenvalue weighted by molar-refractivity contribution is 0.114. The van der Waals surface area contributed by atoms with Crippen molar-refractivity contribution in [2.24, 2.45) is 0 Å². The highest BCUT2D eigenvalue weighted by molar-refractivity contribution is 5.15. The second-order valence-electron chi connectivity index (χ2n) is 5.06. The first-order valence-electron chi connectivity index (χ1n) is 6.25. The summed E-state index contributed by atoms with van der Waals surface area (Å²) in [6.07, 6.45) is 2.21. The second-order valence-corrected chi connectivity index (χ2v) is 5.06. The van der Waals surface area contributed by atoms with Gasteiger partial charge >= 0.3 is 0 Å². The van der Waals surface area contributed by atoms with E-state index in [0.717, 1.165) is 36.6 Å². The summed E-state index contributed by atoms with van der Waals surface area (Å²) in [7, 11) is 0. The summed E-state index contributed by atoms with van der Waals surface area (Å²) in [6, 6.07) is 2.00. The average Bonchev–Trinajstić information content (AvgIpc) is 2.61. The Balaban J connectivity index is 2.35. The van der Waals surface area contributed by atoms with Crippen LogP contribution in [0.5, 0.6) is 0 Å². The molecule has 0 spiro atoms. The van der Waals surface area contributed by atoms with Crippen molar-refractivity contribution in [1.82, 2.24) is 14.9 Å². The number of aliphatic hydroxyl groups is 1. The molecule has 0 saturated carbocycles. The largest absolute Gasteiger partial charge is 0.395 e. The van der Waals surface area contributed by atoms with E-state index in [2.05, 4.69) is 21.8 Å². The molecule has 0 bridgehead atoms. The van der Waals surface area contributed by atoms with Gasteiger partial charge in [-0.1, -0.05) is 0 Å². The van der Waals surface area contributed by atoms with Crippen LogP contribution in [0.15, 0.2) is 6.07 Å². The molecule has 1 atom stereocenters. The molecule has 0 amide bonds. The smallest absolute Gasteiger partial charge is 0.148 e. The predicted octanol–water partition coefficient (Wildman–Crippen LogP) is 1.40. The minimum Gasteiger partial charge on any atom is -0.395 e. The van der Waals surface area contributed by atoms with Crippen LogP contribution in [0.1, 0.15) is 37.0 Å². The van der Waals surface area contributed by atoms with Crippen molar-refractivity contribution >= 4 is 0 Å². The van der Waals surface area contributed by atoms with E-state index in [-0.39, 0.29) is 12.1 Å². The molecule has 0 unspecified atom stereocenters. The summed E-state index contributed by atoms with van der Waals surface area (Å²) >= 11 is 0. The molecule has 1 aromatic heterocycles. The van der Waals surface area contributed by atoms with Crippen LogP contribution in [0.2, 0.25) is 0 Å². The van der Waals surface area contributed by atoms with Crippen molar-refractivity contribution in [2.45, 2.75) is 39.2 Å². The number of aryl methyl sites for hydroxylation is 2. The zero-order valence-electron chi connectivity index (χ0n) is 10.9. The van der Waals surface area contributed by atoms with Gasteiger partial charge in [-0.15, -0.1) is 0 Å². The fourth-order valence-electron chi connectivity index (χ4n) is 2.72. The number of β-amino-alcohol motifs (C(OH)–C–C–N with tert-alkyl or cyclic N) is 1. The Labute approximate surface area is 103 Å². The molecule has 0 radical (unpaired) electrons. The minimum absolute atomic E-state index is 0.112. The van der Waals surface area contributed by atoms with Gasteiger partial charge in [0.05, 0.1) is 12.1 Å². The van der Waals surface area contributed by atoms with Gasteiger partial charge in [0.2, 0.25) is 0 Å². The molecule has 2 rings (SSSR count). The molecule has 94 valence electrons. The zero-order chi connectivity index (χ0) is 12.5. The molecule has 4 heteroatoms. The molecule has 1 aromatic rings. The van der Waals surface area contributed by atoms with Crippen molar-refractivity contribution < 1.29 is 5.11 Å². The highest BCUT2D eigenvalue weighted by Crippen LogP contribution is 2.36. The van der Waals surface area contributed by atoms with E-state index in [1.807, 2.05) is 19.9 Å². The van der Waals surface area contributed by atoms with Gasteiger partial charge in [0.25, 0.3) is 0 Å². The first-order valence-corrected chi connectivity index (χ1v) is 6.25. The van der Waals surface area contributed by atoms with E-state index < -0.39 is 0 Å². The number of rotatable bonds is 3. The summed E-state index contributed by atoms with van der Waals surface area (Å²) in [6.45, 7) is 8.12. The Morgan fingerprint density at radius 1 is 1.35 bits per heavy atom. The molecule has 17 heavy (non-hydrogen) atoms. The number of likely N-dealkylation sites (tertiary alicyclic amines) is 1. The maximum Gasteiger partial charge on any atom is 0.148 e. The lowest BCUT2D eigenvalue weighted by atomic mass is 9.97. The first-order chi connectivity index (χ1) is 8.06. The summed E-state index contributed by atoms with van der Waals surface area (Å²) in [5, 5.41) is 9.13. The topological polar surface area (TPSA) is 49.2 Å². The molecule has 4 nitrogen and oxygen atoms in total. The Morgan fingerprint density at radius 2 is 2.00 bits per heavy atom. The molecular weight excluding hydrogens is 214 g/mol. The molecule has 1 fully saturated rings. The summed E-state index contributed by atoms with van der Waals surface area (Å²) in [4.78, 5) is 11.5. The summed E-state index contributed by atoms with van der Waals surface area (Å²) in [5.41, 5.74) is 1.92. The average molecular weight is 235 g/mol. The molecule has 2 heterocycles. The Kier molecular flexibility index (Phi) is 3.45. The van der Waals surface area contributed by atoms with E-state index in [9.17, 15) is 0 Å². The van der Waals surface area contributed by atoms with E-state index in [0.29, 0.717) is 6.54 Å². The summed E-state index contributed by atoms with van der Waals surface area (Å²) < 4.78 is 0. The standard InChI is InChI=1S/C13H21N3O/c1-10-9-11(2)15-12(14-10)13(3)5-4-6-16(13)7-8-17/h9,17H,4-8H2,1-3H3/t13-/m0/s1.